The molecular formula is C16H12N4. The lowest BCUT2D eigenvalue weighted by atomic mass is 10.0. The Balaban J connectivity index is 2.28. The van der Waals surface area contributed by atoms with Gasteiger partial charge in [-0.25, -0.2) is 15.0 Å². The smallest absolute Gasteiger partial charge is 0.153 e. The first-order valence-electron chi connectivity index (χ1n) is 6.14. The summed E-state index contributed by atoms with van der Waals surface area (Å²) in [4.78, 5) is 12.8. The molecule has 0 amide bonds. The van der Waals surface area contributed by atoms with Crippen LogP contribution in [0.25, 0.3) is 22.3 Å². The number of pyridine rings is 1. The van der Waals surface area contributed by atoms with E-state index in [0.717, 1.165) is 27.9 Å². The molecule has 0 atom stereocenters. The van der Waals surface area contributed by atoms with Gasteiger partial charge in [0.1, 0.15) is 11.8 Å². The first-order chi connectivity index (χ1) is 9.69. The number of rotatable bonds is 1. The van der Waals surface area contributed by atoms with Gasteiger partial charge in [-0.15, -0.1) is 6.42 Å². The van der Waals surface area contributed by atoms with Crippen LogP contribution in [-0.4, -0.2) is 15.0 Å². The average Bonchev–Trinajstić information content (AvgIpc) is 2.47. The van der Waals surface area contributed by atoms with Gasteiger partial charge in [0, 0.05) is 11.1 Å². The lowest BCUT2D eigenvalue weighted by Gasteiger charge is -2.08. The first-order valence-corrected chi connectivity index (χ1v) is 6.14. The van der Waals surface area contributed by atoms with Crippen LogP contribution >= 0.6 is 0 Å². The van der Waals surface area contributed by atoms with E-state index in [9.17, 15) is 0 Å². The molecule has 0 bridgehead atoms. The van der Waals surface area contributed by atoms with Crippen molar-refractivity contribution in [3.63, 3.8) is 0 Å². The highest BCUT2D eigenvalue weighted by Crippen LogP contribution is 2.26. The highest BCUT2D eigenvalue weighted by atomic mass is 14.9. The van der Waals surface area contributed by atoms with Gasteiger partial charge in [0.05, 0.1) is 11.2 Å². The zero-order valence-corrected chi connectivity index (χ0v) is 11.0. The van der Waals surface area contributed by atoms with Crippen molar-refractivity contribution in [2.45, 2.75) is 6.92 Å². The monoisotopic (exact) mass is 260 g/mol. The Hall–Kier alpha value is -2.93. The number of hydrogen-bond donors (Lipinski definition) is 1. The second-order valence-corrected chi connectivity index (χ2v) is 4.51. The summed E-state index contributed by atoms with van der Waals surface area (Å²) in [5.41, 5.74) is 10.9. The molecule has 96 valence electrons. The van der Waals surface area contributed by atoms with Crippen molar-refractivity contribution in [3.05, 3.63) is 47.8 Å². The molecular weight excluding hydrogens is 248 g/mol. The standard InChI is InChI=1S/C16H12N4/c1-3-11-5-4-6-12(8-11)14-10(2)7-13-15(20-14)16(17)19-9-18-13/h1,4-9H,2H3,(H2,17,18,19). The number of nitrogens with two attached hydrogens (primary N) is 1. The summed E-state index contributed by atoms with van der Waals surface area (Å²) in [6, 6.07) is 9.67. The van der Waals surface area contributed by atoms with Gasteiger partial charge in [0.25, 0.3) is 0 Å². The number of aromatic nitrogens is 3. The second-order valence-electron chi connectivity index (χ2n) is 4.51. The number of benzene rings is 1. The molecule has 0 aliphatic rings. The van der Waals surface area contributed by atoms with E-state index in [2.05, 4.69) is 20.9 Å². The molecule has 0 aliphatic heterocycles. The van der Waals surface area contributed by atoms with E-state index in [1.807, 2.05) is 37.3 Å². The molecule has 1 aromatic carbocycles. The minimum Gasteiger partial charge on any atom is -0.382 e. The highest BCUT2D eigenvalue weighted by molar-refractivity contribution is 5.87. The Labute approximate surface area is 116 Å². The number of nitrogens with zero attached hydrogens (tertiary/aromatic N) is 3. The highest BCUT2D eigenvalue weighted by Gasteiger charge is 2.09. The van der Waals surface area contributed by atoms with Crippen LogP contribution in [0.5, 0.6) is 0 Å². The molecule has 3 aromatic rings. The third-order valence-corrected chi connectivity index (χ3v) is 3.13. The van der Waals surface area contributed by atoms with Gasteiger partial charge in [-0.3, -0.25) is 0 Å². The zero-order chi connectivity index (χ0) is 14.1. The Bertz CT molecular complexity index is 847. The summed E-state index contributed by atoms with van der Waals surface area (Å²) >= 11 is 0. The van der Waals surface area contributed by atoms with Crippen molar-refractivity contribution in [1.82, 2.24) is 15.0 Å². The van der Waals surface area contributed by atoms with Crippen LogP contribution in [0.4, 0.5) is 5.82 Å². The molecule has 4 nitrogen and oxygen atoms in total. The Kier molecular flexibility index (Phi) is 2.81. The molecule has 2 aromatic heterocycles. The Morgan fingerprint density at radius 3 is 2.85 bits per heavy atom. The quantitative estimate of drug-likeness (QED) is 0.683. The van der Waals surface area contributed by atoms with Crippen LogP contribution in [0.3, 0.4) is 0 Å². The van der Waals surface area contributed by atoms with E-state index in [1.54, 1.807) is 0 Å². The number of aryl methyl sites for hydroxylation is 1. The molecule has 2 heterocycles. The van der Waals surface area contributed by atoms with Crippen molar-refractivity contribution in [2.75, 3.05) is 5.73 Å². The normalized spacial score (nSPS) is 10.4. The van der Waals surface area contributed by atoms with Crippen molar-refractivity contribution in [1.29, 1.82) is 0 Å². The molecule has 0 unspecified atom stereocenters. The molecule has 0 fully saturated rings. The van der Waals surface area contributed by atoms with Crippen molar-refractivity contribution < 1.29 is 0 Å². The summed E-state index contributed by atoms with van der Waals surface area (Å²) < 4.78 is 0. The van der Waals surface area contributed by atoms with Crippen LogP contribution in [0, 0.1) is 19.3 Å². The molecule has 3 rings (SSSR count). The van der Waals surface area contributed by atoms with Gasteiger partial charge >= 0.3 is 0 Å². The molecule has 0 radical (unpaired) electrons. The maximum atomic E-state index is 5.86. The van der Waals surface area contributed by atoms with Crippen molar-refractivity contribution >= 4 is 16.9 Å². The SMILES string of the molecule is C#Cc1cccc(-c2nc3c(N)ncnc3cc2C)c1. The molecule has 2 N–H and O–H groups in total. The molecule has 20 heavy (non-hydrogen) atoms. The number of anilines is 1. The van der Waals surface area contributed by atoms with Crippen LogP contribution < -0.4 is 5.73 Å². The van der Waals surface area contributed by atoms with Crippen LogP contribution in [-0.2, 0) is 0 Å². The minimum absolute atomic E-state index is 0.379. The minimum atomic E-state index is 0.379. The van der Waals surface area contributed by atoms with E-state index < -0.39 is 0 Å². The van der Waals surface area contributed by atoms with E-state index in [-0.39, 0.29) is 0 Å². The summed E-state index contributed by atoms with van der Waals surface area (Å²) in [5, 5.41) is 0. The number of terminal acetylenes is 1. The van der Waals surface area contributed by atoms with Gasteiger partial charge in [-0.05, 0) is 30.7 Å². The maximum absolute atomic E-state index is 5.86. The third-order valence-electron chi connectivity index (χ3n) is 3.13. The lowest BCUT2D eigenvalue weighted by Crippen LogP contribution is -1.98. The fraction of sp³-hybridized carbons (Fsp3) is 0.0625. The Morgan fingerprint density at radius 1 is 1.20 bits per heavy atom. The van der Waals surface area contributed by atoms with Crippen molar-refractivity contribution in [3.8, 4) is 23.6 Å². The fourth-order valence-corrected chi connectivity index (χ4v) is 2.15. The summed E-state index contributed by atoms with van der Waals surface area (Å²) in [5.74, 6) is 3.01. The molecule has 0 spiro atoms. The second kappa shape index (κ2) is 4.63. The van der Waals surface area contributed by atoms with Gasteiger partial charge < -0.3 is 5.73 Å². The predicted molar refractivity (Wildman–Crippen MR) is 79.9 cm³/mol. The van der Waals surface area contributed by atoms with Gasteiger partial charge in [-0.2, -0.15) is 0 Å². The molecule has 0 saturated heterocycles. The zero-order valence-electron chi connectivity index (χ0n) is 11.0. The van der Waals surface area contributed by atoms with Gasteiger partial charge in [0.2, 0.25) is 0 Å². The average molecular weight is 260 g/mol. The summed E-state index contributed by atoms with van der Waals surface area (Å²) in [7, 11) is 0. The van der Waals surface area contributed by atoms with E-state index in [4.69, 9.17) is 12.2 Å². The predicted octanol–water partition coefficient (Wildman–Crippen LogP) is 2.56. The molecule has 0 saturated carbocycles. The van der Waals surface area contributed by atoms with Crippen LogP contribution in [0.15, 0.2) is 36.7 Å². The largest absolute Gasteiger partial charge is 0.382 e. The van der Waals surface area contributed by atoms with E-state index in [1.165, 1.54) is 6.33 Å². The van der Waals surface area contributed by atoms with Crippen LogP contribution in [0.2, 0.25) is 0 Å². The first kappa shape index (κ1) is 12.1. The van der Waals surface area contributed by atoms with Gasteiger partial charge in [-0.1, -0.05) is 18.1 Å². The number of hydrogen-bond acceptors (Lipinski definition) is 4. The Morgan fingerprint density at radius 2 is 2.05 bits per heavy atom. The molecule has 4 heteroatoms. The maximum Gasteiger partial charge on any atom is 0.153 e. The van der Waals surface area contributed by atoms with Crippen LogP contribution in [0.1, 0.15) is 11.1 Å². The fourth-order valence-electron chi connectivity index (χ4n) is 2.15. The number of nitrogen functional groups attached to an aromatic ring is 1. The summed E-state index contributed by atoms with van der Waals surface area (Å²) in [6.07, 6.45) is 6.88. The number of fused-ring (bicyclic) bond motifs is 1. The van der Waals surface area contributed by atoms with E-state index in [0.29, 0.717) is 11.3 Å². The van der Waals surface area contributed by atoms with Crippen molar-refractivity contribution in [2.24, 2.45) is 0 Å². The molecule has 0 aliphatic carbocycles. The lowest BCUT2D eigenvalue weighted by molar-refractivity contribution is 1.19. The van der Waals surface area contributed by atoms with Gasteiger partial charge in [0.15, 0.2) is 5.82 Å². The summed E-state index contributed by atoms with van der Waals surface area (Å²) in [6.45, 7) is 1.99. The topological polar surface area (TPSA) is 64.7 Å². The third kappa shape index (κ3) is 1.95. The van der Waals surface area contributed by atoms with E-state index >= 15 is 0 Å².